The molecule has 1 saturated heterocycles. The van der Waals surface area contributed by atoms with E-state index in [-0.39, 0.29) is 30.5 Å². The molecule has 0 aliphatic carbocycles. The molecular formula is C37H48F3N5O11P+. The average Bonchev–Trinajstić information content (AvgIpc) is 3.62. The summed E-state index contributed by atoms with van der Waals surface area (Å²) in [5.74, 6) is -6.17. The molecule has 57 heavy (non-hydrogen) atoms. The van der Waals surface area contributed by atoms with Gasteiger partial charge in [0.05, 0.1) is 6.61 Å². The molecule has 0 radical (unpaired) electrons. The van der Waals surface area contributed by atoms with E-state index in [4.69, 9.17) is 9.26 Å². The first kappa shape index (κ1) is 46.6. The number of nitrogens with zero attached hydrogens (tertiary/aromatic N) is 1. The molecule has 6 N–H and O–H groups in total. The van der Waals surface area contributed by atoms with E-state index in [1.807, 2.05) is 0 Å². The first-order valence-corrected chi connectivity index (χ1v) is 19.1. The van der Waals surface area contributed by atoms with E-state index in [0.717, 1.165) is 4.90 Å². The molecular weight excluding hydrogens is 778 g/mol. The lowest BCUT2D eigenvalue weighted by molar-refractivity contribution is -0.178. The van der Waals surface area contributed by atoms with Crippen molar-refractivity contribution in [1.29, 1.82) is 0 Å². The van der Waals surface area contributed by atoms with Gasteiger partial charge in [0, 0.05) is 22.2 Å². The number of amides is 4. The zero-order valence-electron chi connectivity index (χ0n) is 31.9. The van der Waals surface area contributed by atoms with Gasteiger partial charge in [-0.25, -0.2) is 4.79 Å². The van der Waals surface area contributed by atoms with Gasteiger partial charge >= 0.3 is 20.5 Å². The van der Waals surface area contributed by atoms with Crippen molar-refractivity contribution in [2.75, 3.05) is 19.7 Å². The lowest BCUT2D eigenvalue weighted by Gasteiger charge is -2.32. The monoisotopic (exact) mass is 826 g/mol. The number of benzene rings is 2. The fourth-order valence-electron chi connectivity index (χ4n) is 5.99. The van der Waals surface area contributed by atoms with Gasteiger partial charge in [0.1, 0.15) is 29.8 Å². The Balaban J connectivity index is 1.97. The molecule has 20 heteroatoms. The van der Waals surface area contributed by atoms with Crippen LogP contribution < -0.4 is 21.3 Å². The SMILES string of the molecule is CC(C)C(NC(=O)C(NC(=O)C(CO)NC(=O)OC(C)(C)C)C(=O)c1ccccc1)C(=O)NC(C(=O)c1ccccc1)C(CN1CCCC1C(F)(F)F)O[P+](=O)O. The molecule has 2 aromatic rings. The molecule has 0 bridgehead atoms. The molecule has 0 aromatic heterocycles. The van der Waals surface area contributed by atoms with Crippen LogP contribution in [0.2, 0.25) is 0 Å². The number of alkyl halides is 3. The van der Waals surface area contributed by atoms with Gasteiger partial charge in [0.15, 0.2) is 23.7 Å². The standard InChI is InChI=1S/C37H47F3N5O11P/c1-21(2)27(42-34(51)29(31(48)23-15-10-7-11-16-23)44-32(49)24(20-46)41-35(52)55-36(3,4)5)33(50)43-28(30(47)22-13-8-6-9-14-22)25(56-57(53)54)19-45-18-12-17-26(45)37(38,39)40/h6-11,13-16,21,24-29,46H,12,17-20H2,1-5H3,(H4-,41,42,43,44,49,50,51,52,53,54)/p+1. The molecule has 0 spiro atoms. The predicted molar refractivity (Wildman–Crippen MR) is 198 cm³/mol. The minimum Gasteiger partial charge on any atom is -0.444 e. The van der Waals surface area contributed by atoms with Gasteiger partial charge in [0.25, 0.3) is 5.91 Å². The first-order valence-electron chi connectivity index (χ1n) is 18.0. The summed E-state index contributed by atoms with van der Waals surface area (Å²) in [6.07, 6.45) is -7.72. The minimum absolute atomic E-state index is 0.0295. The van der Waals surface area contributed by atoms with Crippen LogP contribution in [0.3, 0.4) is 0 Å². The molecule has 1 fully saturated rings. The summed E-state index contributed by atoms with van der Waals surface area (Å²) in [5, 5.41) is 19.0. The number of ether oxygens (including phenoxy) is 1. The lowest BCUT2D eigenvalue weighted by Crippen LogP contribution is -2.62. The number of hydrogen-bond donors (Lipinski definition) is 6. The number of alkyl carbamates (subject to hydrolysis) is 1. The summed E-state index contributed by atoms with van der Waals surface area (Å²) in [6, 6.07) is 5.31. The summed E-state index contributed by atoms with van der Waals surface area (Å²) in [7, 11) is -3.52. The van der Waals surface area contributed by atoms with Gasteiger partial charge in [-0.1, -0.05) is 74.5 Å². The van der Waals surface area contributed by atoms with E-state index in [0.29, 0.717) is 0 Å². The van der Waals surface area contributed by atoms with Crippen LogP contribution in [0.25, 0.3) is 0 Å². The van der Waals surface area contributed by atoms with Crippen molar-refractivity contribution in [2.24, 2.45) is 5.92 Å². The number of aliphatic hydroxyl groups excluding tert-OH is 1. The number of ketones is 2. The Bertz CT molecular complexity index is 1750. The maximum atomic E-state index is 14.1. The van der Waals surface area contributed by atoms with Crippen molar-refractivity contribution in [1.82, 2.24) is 26.2 Å². The summed E-state index contributed by atoms with van der Waals surface area (Å²) in [5.41, 5.74) is -1.06. The van der Waals surface area contributed by atoms with E-state index >= 15 is 0 Å². The van der Waals surface area contributed by atoms with Crippen LogP contribution in [0, 0.1) is 5.92 Å². The molecule has 7 unspecified atom stereocenters. The first-order chi connectivity index (χ1) is 26.6. The number of rotatable bonds is 18. The van der Waals surface area contributed by atoms with Gasteiger partial charge in [-0.05, 0) is 46.1 Å². The molecule has 1 aliphatic rings. The second kappa shape index (κ2) is 20.6. The largest absolute Gasteiger partial charge is 0.695 e. The topological polar surface area (TPSA) is 230 Å². The van der Waals surface area contributed by atoms with Gasteiger partial charge in [-0.15, -0.1) is 9.42 Å². The van der Waals surface area contributed by atoms with Crippen molar-refractivity contribution in [2.45, 2.75) is 95.6 Å². The van der Waals surface area contributed by atoms with Crippen LogP contribution in [0.15, 0.2) is 60.7 Å². The van der Waals surface area contributed by atoms with Crippen LogP contribution in [0.1, 0.15) is 68.2 Å². The third-order valence-electron chi connectivity index (χ3n) is 8.70. The number of carbonyl (C=O) groups excluding carboxylic acids is 6. The van der Waals surface area contributed by atoms with E-state index in [1.165, 1.54) is 62.4 Å². The van der Waals surface area contributed by atoms with E-state index < -0.39 is 111 Å². The van der Waals surface area contributed by atoms with Crippen LogP contribution in [-0.2, 0) is 28.2 Å². The highest BCUT2D eigenvalue weighted by Gasteiger charge is 2.49. The molecule has 1 heterocycles. The van der Waals surface area contributed by atoms with E-state index in [1.54, 1.807) is 32.9 Å². The highest BCUT2D eigenvalue weighted by molar-refractivity contribution is 7.32. The molecule has 2 aromatic carbocycles. The van der Waals surface area contributed by atoms with Crippen molar-refractivity contribution < 1.29 is 65.8 Å². The second-order valence-corrected chi connectivity index (χ2v) is 15.3. The smallest absolute Gasteiger partial charge is 0.444 e. The third-order valence-corrected chi connectivity index (χ3v) is 9.15. The van der Waals surface area contributed by atoms with Crippen molar-refractivity contribution in [3.8, 4) is 0 Å². The number of halogens is 3. The number of nitrogens with one attached hydrogen (secondary N) is 4. The van der Waals surface area contributed by atoms with Gasteiger partial charge in [-0.2, -0.15) is 13.2 Å². The van der Waals surface area contributed by atoms with E-state index in [2.05, 4.69) is 21.3 Å². The van der Waals surface area contributed by atoms with Crippen molar-refractivity contribution in [3.05, 3.63) is 71.8 Å². The Morgan fingerprint density at radius 2 is 1.37 bits per heavy atom. The van der Waals surface area contributed by atoms with Crippen molar-refractivity contribution >= 4 is 43.6 Å². The molecule has 4 amide bonds. The third kappa shape index (κ3) is 14.0. The Labute approximate surface area is 328 Å². The van der Waals surface area contributed by atoms with Crippen LogP contribution in [0.4, 0.5) is 18.0 Å². The maximum Gasteiger partial charge on any atom is 0.695 e. The number of likely N-dealkylation sites (tertiary alicyclic amines) is 1. The molecule has 7 atom stereocenters. The zero-order valence-corrected chi connectivity index (χ0v) is 32.8. The van der Waals surface area contributed by atoms with Gasteiger partial charge in [0.2, 0.25) is 11.8 Å². The summed E-state index contributed by atoms with van der Waals surface area (Å²) < 4.78 is 64.0. The number of aliphatic hydroxyl groups is 1. The normalized spacial score (nSPS) is 17.7. The second-order valence-electron chi connectivity index (χ2n) is 14.6. The zero-order chi connectivity index (χ0) is 42.7. The summed E-state index contributed by atoms with van der Waals surface area (Å²) in [4.78, 5) is 92.0. The Hall–Kier alpha value is -4.81. The van der Waals surface area contributed by atoms with E-state index in [9.17, 15) is 56.5 Å². The fourth-order valence-corrected chi connectivity index (χ4v) is 6.41. The summed E-state index contributed by atoms with van der Waals surface area (Å²) in [6.45, 7) is 5.86. The number of carbonyl (C=O) groups is 6. The molecule has 3 rings (SSSR count). The summed E-state index contributed by atoms with van der Waals surface area (Å²) >= 11 is 0. The molecule has 1 aliphatic heterocycles. The molecule has 0 saturated carbocycles. The number of hydrogen-bond acceptors (Lipinski definition) is 11. The molecule has 16 nitrogen and oxygen atoms in total. The van der Waals surface area contributed by atoms with Crippen LogP contribution in [0.5, 0.6) is 0 Å². The maximum absolute atomic E-state index is 14.1. The van der Waals surface area contributed by atoms with Gasteiger partial charge in [-0.3, -0.25) is 28.9 Å². The van der Waals surface area contributed by atoms with Gasteiger partial charge < -0.3 is 31.1 Å². The fraction of sp³-hybridized carbons (Fsp3) is 0.514. The highest BCUT2D eigenvalue weighted by Crippen LogP contribution is 2.34. The van der Waals surface area contributed by atoms with Crippen LogP contribution >= 0.6 is 8.25 Å². The number of Topliss-reactive ketones (excluding diaryl/α,β-unsaturated/α-hetero) is 2. The minimum atomic E-state index is -4.68. The Morgan fingerprint density at radius 3 is 1.86 bits per heavy atom. The highest BCUT2D eigenvalue weighted by atomic mass is 31.1. The molecule has 312 valence electrons. The van der Waals surface area contributed by atoms with Crippen LogP contribution in [-0.4, -0.2) is 118 Å². The average molecular weight is 827 g/mol. The Kier molecular flexibility index (Phi) is 16.8. The predicted octanol–water partition coefficient (Wildman–Crippen LogP) is 2.81. The Morgan fingerprint density at radius 1 is 0.825 bits per heavy atom. The lowest BCUT2D eigenvalue weighted by atomic mass is 9.96. The quantitative estimate of drug-likeness (QED) is 0.0725. The van der Waals surface area contributed by atoms with Crippen molar-refractivity contribution in [3.63, 3.8) is 0 Å².